The second-order valence-corrected chi connectivity index (χ2v) is 20.7. The van der Waals surface area contributed by atoms with Gasteiger partial charge in [0.05, 0.1) is 0 Å². The Bertz CT molecular complexity index is 4250. The standard InChI is InChI=1S/C68H46/c1-67(2)58-26-13-11-20-46(58)48-32-30-42(35-60(48)67)62-50-22-9-10-23-51(50)63(43-31-33-49-47-21-12-14-27-59(47)68(3,4)61(49)36-43)66-57-38-55-45-19-8-7-18-44(45)54(41-29-28-39-16-5-6-17-40(39)34-41)37-56(55)52-24-15-25-53(64(52)57)65(62)66/h5-38H,1-4H3. The maximum absolute atomic E-state index is 2.57. The second-order valence-electron chi connectivity index (χ2n) is 20.7. The Labute approximate surface area is 396 Å². The van der Waals surface area contributed by atoms with Crippen LogP contribution < -0.4 is 0 Å². The zero-order chi connectivity index (χ0) is 45.2. The summed E-state index contributed by atoms with van der Waals surface area (Å²) in [5.41, 5.74) is 23.7. The van der Waals surface area contributed by atoms with Gasteiger partial charge in [-0.1, -0.05) is 204 Å². The quantitative estimate of drug-likeness (QED) is 0.155. The average molecular weight is 863 g/mol. The highest BCUT2D eigenvalue weighted by molar-refractivity contribution is 6.33. The Morgan fingerprint density at radius 2 is 0.691 bits per heavy atom. The first-order chi connectivity index (χ1) is 33.3. The van der Waals surface area contributed by atoms with Gasteiger partial charge in [-0.15, -0.1) is 0 Å². The molecule has 0 heteroatoms. The van der Waals surface area contributed by atoms with Crippen LogP contribution in [0.5, 0.6) is 0 Å². The summed E-state index contributed by atoms with van der Waals surface area (Å²) in [5.74, 6) is 0. The molecule has 0 bridgehead atoms. The van der Waals surface area contributed by atoms with Crippen molar-refractivity contribution < 1.29 is 0 Å². The molecule has 0 aromatic heterocycles. The molecule has 15 rings (SSSR count). The molecule has 0 atom stereocenters. The van der Waals surface area contributed by atoms with E-state index in [2.05, 4.69) is 234 Å². The molecule has 3 aliphatic carbocycles. The van der Waals surface area contributed by atoms with Crippen molar-refractivity contribution in [2.45, 2.75) is 38.5 Å². The molecule has 0 aliphatic heterocycles. The van der Waals surface area contributed by atoms with Gasteiger partial charge in [0, 0.05) is 10.8 Å². The lowest BCUT2D eigenvalue weighted by Crippen LogP contribution is -2.15. The molecule has 0 radical (unpaired) electrons. The highest BCUT2D eigenvalue weighted by Crippen LogP contribution is 2.61. The van der Waals surface area contributed by atoms with Crippen molar-refractivity contribution in [3.8, 4) is 77.9 Å². The van der Waals surface area contributed by atoms with E-state index in [0.29, 0.717) is 0 Å². The fourth-order valence-electron chi connectivity index (χ4n) is 13.4. The van der Waals surface area contributed by atoms with Crippen LogP contribution in [-0.2, 0) is 10.8 Å². The zero-order valence-electron chi connectivity index (χ0n) is 38.6. The summed E-state index contributed by atoms with van der Waals surface area (Å²) in [6.45, 7) is 9.61. The maximum Gasteiger partial charge on any atom is 0.0159 e. The van der Waals surface area contributed by atoms with Crippen LogP contribution in [0.1, 0.15) is 49.9 Å². The molecule has 68 heavy (non-hydrogen) atoms. The molecule has 12 aromatic carbocycles. The van der Waals surface area contributed by atoms with E-state index in [4.69, 9.17) is 0 Å². The molecule has 0 heterocycles. The SMILES string of the molecule is CC1(C)c2ccccc2-c2ccc(-c3c4c(c(-c5ccc6c(c5)C(C)(C)c5ccccc5-6)c5ccccc35)-c3cc5c6ccccc6c(-c6ccc7ccccc7c6)cc5c5cccc-4c35)cc21. The summed E-state index contributed by atoms with van der Waals surface area (Å²) in [6.07, 6.45) is 0. The largest absolute Gasteiger partial charge is 0.0619 e. The maximum atomic E-state index is 2.57. The minimum atomic E-state index is -0.128. The predicted octanol–water partition coefficient (Wildman–Crippen LogP) is 18.7. The van der Waals surface area contributed by atoms with Crippen molar-refractivity contribution in [2.24, 2.45) is 0 Å². The topological polar surface area (TPSA) is 0 Å². The van der Waals surface area contributed by atoms with Gasteiger partial charge in [0.25, 0.3) is 0 Å². The van der Waals surface area contributed by atoms with E-state index >= 15 is 0 Å². The Morgan fingerprint density at radius 1 is 0.235 bits per heavy atom. The van der Waals surface area contributed by atoms with Gasteiger partial charge in [-0.2, -0.15) is 0 Å². The Balaban J connectivity index is 1.07. The summed E-state index contributed by atoms with van der Waals surface area (Å²) < 4.78 is 0. The minimum absolute atomic E-state index is 0.125. The van der Waals surface area contributed by atoms with Gasteiger partial charge >= 0.3 is 0 Å². The zero-order valence-corrected chi connectivity index (χ0v) is 38.6. The van der Waals surface area contributed by atoms with Crippen LogP contribution in [0.2, 0.25) is 0 Å². The molecule has 0 amide bonds. The van der Waals surface area contributed by atoms with Crippen LogP contribution in [-0.4, -0.2) is 0 Å². The number of hydrogen-bond acceptors (Lipinski definition) is 0. The van der Waals surface area contributed by atoms with E-state index in [-0.39, 0.29) is 10.8 Å². The number of benzene rings is 12. The molecule has 0 unspecified atom stereocenters. The molecule has 318 valence electrons. The fraction of sp³-hybridized carbons (Fsp3) is 0.0882. The summed E-state index contributed by atoms with van der Waals surface area (Å²) in [5, 5.41) is 12.9. The molecule has 0 nitrogen and oxygen atoms in total. The van der Waals surface area contributed by atoms with E-state index in [0.717, 1.165) is 0 Å². The van der Waals surface area contributed by atoms with Gasteiger partial charge in [0.15, 0.2) is 0 Å². The van der Waals surface area contributed by atoms with Crippen molar-refractivity contribution in [1.29, 1.82) is 0 Å². The minimum Gasteiger partial charge on any atom is -0.0619 e. The number of hydrogen-bond donors (Lipinski definition) is 0. The Hall–Kier alpha value is -8.06. The van der Waals surface area contributed by atoms with Gasteiger partial charge < -0.3 is 0 Å². The Morgan fingerprint density at radius 3 is 1.34 bits per heavy atom. The molecule has 0 fully saturated rings. The van der Waals surface area contributed by atoms with Crippen LogP contribution in [0.4, 0.5) is 0 Å². The van der Waals surface area contributed by atoms with E-state index in [1.54, 1.807) is 0 Å². The predicted molar refractivity (Wildman–Crippen MR) is 290 cm³/mol. The lowest BCUT2D eigenvalue weighted by Gasteiger charge is -2.25. The first kappa shape index (κ1) is 38.1. The number of fused-ring (bicyclic) bond motifs is 15. The van der Waals surface area contributed by atoms with Gasteiger partial charge in [-0.3, -0.25) is 0 Å². The molecule has 0 saturated heterocycles. The van der Waals surface area contributed by atoms with Crippen LogP contribution in [0.25, 0.3) is 132 Å². The summed E-state index contributed by atoms with van der Waals surface area (Å²) >= 11 is 0. The first-order valence-electron chi connectivity index (χ1n) is 24.2. The van der Waals surface area contributed by atoms with Gasteiger partial charge in [0.2, 0.25) is 0 Å². The van der Waals surface area contributed by atoms with Crippen LogP contribution in [0.3, 0.4) is 0 Å². The van der Waals surface area contributed by atoms with Crippen molar-refractivity contribution in [3.05, 3.63) is 229 Å². The van der Waals surface area contributed by atoms with E-state index in [1.807, 2.05) is 0 Å². The Kier molecular flexibility index (Phi) is 7.45. The molecule has 0 saturated carbocycles. The first-order valence-corrected chi connectivity index (χ1v) is 24.2. The van der Waals surface area contributed by atoms with E-state index in [1.165, 1.54) is 154 Å². The molecular formula is C68H46. The smallest absolute Gasteiger partial charge is 0.0159 e. The summed E-state index contributed by atoms with van der Waals surface area (Å²) in [7, 11) is 0. The van der Waals surface area contributed by atoms with E-state index in [9.17, 15) is 0 Å². The number of rotatable bonds is 3. The fourth-order valence-corrected chi connectivity index (χ4v) is 13.4. The lowest BCUT2D eigenvalue weighted by molar-refractivity contribution is 0.660. The second kappa shape index (κ2) is 13.3. The average Bonchev–Trinajstić information content (AvgIpc) is 3.92. The monoisotopic (exact) mass is 862 g/mol. The van der Waals surface area contributed by atoms with Gasteiger partial charge in [-0.05, 0) is 184 Å². The third-order valence-corrected chi connectivity index (χ3v) is 16.6. The third-order valence-electron chi connectivity index (χ3n) is 16.6. The summed E-state index contributed by atoms with van der Waals surface area (Å²) in [4.78, 5) is 0. The molecule has 0 N–H and O–H groups in total. The highest BCUT2D eigenvalue weighted by atomic mass is 14.4. The normalized spacial score (nSPS) is 14.4. The van der Waals surface area contributed by atoms with Crippen molar-refractivity contribution >= 4 is 53.9 Å². The van der Waals surface area contributed by atoms with E-state index < -0.39 is 0 Å². The van der Waals surface area contributed by atoms with Gasteiger partial charge in [-0.25, -0.2) is 0 Å². The third kappa shape index (κ3) is 4.89. The van der Waals surface area contributed by atoms with Crippen LogP contribution in [0, 0.1) is 0 Å². The molecular weight excluding hydrogens is 817 g/mol. The highest BCUT2D eigenvalue weighted by Gasteiger charge is 2.39. The molecule has 0 spiro atoms. The van der Waals surface area contributed by atoms with Crippen molar-refractivity contribution in [3.63, 3.8) is 0 Å². The van der Waals surface area contributed by atoms with Gasteiger partial charge in [0.1, 0.15) is 0 Å². The van der Waals surface area contributed by atoms with Crippen molar-refractivity contribution in [1.82, 2.24) is 0 Å². The van der Waals surface area contributed by atoms with Crippen molar-refractivity contribution in [2.75, 3.05) is 0 Å². The van der Waals surface area contributed by atoms with Crippen LogP contribution in [0.15, 0.2) is 206 Å². The van der Waals surface area contributed by atoms with Crippen LogP contribution >= 0.6 is 0 Å². The molecule has 3 aliphatic rings. The molecule has 12 aromatic rings. The lowest BCUT2D eigenvalue weighted by atomic mass is 9.78. The summed E-state index contributed by atoms with van der Waals surface area (Å²) in [6, 6.07) is 78.9.